The summed E-state index contributed by atoms with van der Waals surface area (Å²) in [5.41, 5.74) is 0. The summed E-state index contributed by atoms with van der Waals surface area (Å²) in [6.45, 7) is 0.769. The van der Waals surface area contributed by atoms with Gasteiger partial charge in [-0.3, -0.25) is 9.80 Å². The molecule has 1 aliphatic carbocycles. The van der Waals surface area contributed by atoms with Crippen molar-refractivity contribution in [2.45, 2.75) is 19.3 Å². The molecule has 4 nitrogen and oxygen atoms in total. The second kappa shape index (κ2) is 4.42. The van der Waals surface area contributed by atoms with Crippen molar-refractivity contribution in [2.24, 2.45) is 11.8 Å². The van der Waals surface area contributed by atoms with Gasteiger partial charge in [-0.15, -0.1) is 0 Å². The first-order valence-electron chi connectivity index (χ1n) is 4.28. The summed E-state index contributed by atoms with van der Waals surface area (Å²) in [6, 6.07) is 0. The molecule has 1 aliphatic rings. The highest BCUT2D eigenvalue weighted by atomic mass is 16.5. The monoisotopic (exact) mass is 172 g/mol. The Bertz CT molecular complexity index is 157. The molecule has 1 fully saturated rings. The molecular weight excluding hydrogens is 156 g/mol. The number of nitrogens with two attached hydrogens (primary N) is 1. The van der Waals surface area contributed by atoms with Crippen molar-refractivity contribution in [3.05, 3.63) is 0 Å². The van der Waals surface area contributed by atoms with Gasteiger partial charge in [0.05, 0.1) is 0 Å². The van der Waals surface area contributed by atoms with Crippen LogP contribution in [0.4, 0.5) is 0 Å². The van der Waals surface area contributed by atoms with Crippen LogP contribution < -0.4 is 5.84 Å². The lowest BCUT2D eigenvalue weighted by atomic mass is 9.85. The molecule has 70 valence electrons. The third kappa shape index (κ3) is 2.46. The van der Waals surface area contributed by atoms with Crippen molar-refractivity contribution in [3.63, 3.8) is 0 Å². The zero-order chi connectivity index (χ0) is 8.97. The Hall–Kier alpha value is -0.610. The van der Waals surface area contributed by atoms with Gasteiger partial charge in [0, 0.05) is 13.7 Å². The lowest BCUT2D eigenvalue weighted by Gasteiger charge is -2.29. The van der Waals surface area contributed by atoms with E-state index in [9.17, 15) is 4.79 Å². The van der Waals surface area contributed by atoms with Crippen LogP contribution in [0.3, 0.4) is 0 Å². The molecule has 1 rings (SSSR count). The largest absolute Gasteiger partial charge is 0.375 e. The molecule has 12 heavy (non-hydrogen) atoms. The zero-order valence-corrected chi connectivity index (χ0v) is 7.45. The second-order valence-electron chi connectivity index (χ2n) is 3.28. The van der Waals surface area contributed by atoms with Gasteiger partial charge in [-0.05, 0) is 18.8 Å². The number of rotatable bonds is 4. The summed E-state index contributed by atoms with van der Waals surface area (Å²) in [5, 5.41) is 1.27. The predicted octanol–water partition coefficient (Wildman–Crippen LogP) is 0.135. The Morgan fingerprint density at radius 1 is 1.67 bits per heavy atom. The molecule has 2 N–H and O–H groups in total. The average molecular weight is 172 g/mol. The van der Waals surface area contributed by atoms with E-state index < -0.39 is 0 Å². The molecule has 0 aromatic carbocycles. The SMILES string of the molecule is COCC(=O)N(N)CC1CCC1. The van der Waals surface area contributed by atoms with Crippen molar-refractivity contribution in [1.29, 1.82) is 0 Å². The molecule has 0 spiro atoms. The van der Waals surface area contributed by atoms with Crippen LogP contribution in [0, 0.1) is 5.92 Å². The maximum atomic E-state index is 11.1. The topological polar surface area (TPSA) is 55.6 Å². The van der Waals surface area contributed by atoms with Gasteiger partial charge in [0.1, 0.15) is 6.61 Å². The molecule has 1 amide bonds. The first-order chi connectivity index (χ1) is 5.74. The van der Waals surface area contributed by atoms with Crippen molar-refractivity contribution in [1.82, 2.24) is 5.01 Å². The third-order valence-corrected chi connectivity index (χ3v) is 2.27. The van der Waals surface area contributed by atoms with E-state index in [4.69, 9.17) is 5.84 Å². The predicted molar refractivity (Wildman–Crippen MR) is 45.1 cm³/mol. The number of hydrazine groups is 1. The number of ether oxygens (including phenoxy) is 1. The fourth-order valence-electron chi connectivity index (χ4n) is 1.26. The van der Waals surface area contributed by atoms with E-state index in [1.807, 2.05) is 0 Å². The van der Waals surface area contributed by atoms with Crippen molar-refractivity contribution >= 4 is 5.91 Å². The smallest absolute Gasteiger partial charge is 0.262 e. The number of hydrogen-bond donors (Lipinski definition) is 1. The normalized spacial score (nSPS) is 17.2. The molecule has 0 aromatic heterocycles. The first-order valence-corrected chi connectivity index (χ1v) is 4.28. The van der Waals surface area contributed by atoms with Gasteiger partial charge < -0.3 is 4.74 Å². The number of hydrogen-bond acceptors (Lipinski definition) is 3. The zero-order valence-electron chi connectivity index (χ0n) is 7.45. The molecule has 4 heteroatoms. The first kappa shape index (κ1) is 9.48. The summed E-state index contributed by atoms with van der Waals surface area (Å²) < 4.78 is 4.69. The Morgan fingerprint density at radius 3 is 2.75 bits per heavy atom. The molecule has 0 radical (unpaired) electrons. The van der Waals surface area contributed by atoms with Crippen LogP contribution in [0.25, 0.3) is 0 Å². The highest BCUT2D eigenvalue weighted by molar-refractivity contribution is 5.76. The molecule has 0 aromatic rings. The lowest BCUT2D eigenvalue weighted by molar-refractivity contribution is -0.136. The van der Waals surface area contributed by atoms with Crippen molar-refractivity contribution < 1.29 is 9.53 Å². The Morgan fingerprint density at radius 2 is 2.33 bits per heavy atom. The van der Waals surface area contributed by atoms with E-state index >= 15 is 0 Å². The van der Waals surface area contributed by atoms with Crippen molar-refractivity contribution in [2.75, 3.05) is 20.3 Å². The van der Waals surface area contributed by atoms with Gasteiger partial charge in [-0.2, -0.15) is 0 Å². The second-order valence-corrected chi connectivity index (χ2v) is 3.28. The number of methoxy groups -OCH3 is 1. The lowest BCUT2D eigenvalue weighted by Crippen LogP contribution is -2.44. The number of carbonyl (C=O) groups is 1. The molecule has 0 heterocycles. The quantitative estimate of drug-likeness (QED) is 0.372. The van der Waals surface area contributed by atoms with Crippen LogP contribution in [0.15, 0.2) is 0 Å². The number of amides is 1. The van der Waals surface area contributed by atoms with Gasteiger partial charge in [-0.1, -0.05) is 6.42 Å². The van der Waals surface area contributed by atoms with E-state index in [0.717, 1.165) is 0 Å². The Labute approximate surface area is 72.6 Å². The minimum Gasteiger partial charge on any atom is -0.375 e. The van der Waals surface area contributed by atoms with Gasteiger partial charge in [-0.25, -0.2) is 5.84 Å². The molecular formula is C8H16N2O2. The Kier molecular flexibility index (Phi) is 3.49. The summed E-state index contributed by atoms with van der Waals surface area (Å²) >= 11 is 0. The summed E-state index contributed by atoms with van der Waals surface area (Å²) in [4.78, 5) is 11.1. The molecule has 0 saturated heterocycles. The van der Waals surface area contributed by atoms with E-state index in [2.05, 4.69) is 4.74 Å². The third-order valence-electron chi connectivity index (χ3n) is 2.27. The van der Waals surface area contributed by atoms with Crippen molar-refractivity contribution in [3.8, 4) is 0 Å². The average Bonchev–Trinajstić information content (AvgIpc) is 1.97. The molecule has 0 unspecified atom stereocenters. The van der Waals surface area contributed by atoms with Gasteiger partial charge in [0.15, 0.2) is 0 Å². The minimum atomic E-state index is -0.135. The standard InChI is InChI=1S/C8H16N2O2/c1-12-6-8(11)10(9)5-7-3-2-4-7/h7H,2-6,9H2,1H3. The fourth-order valence-corrected chi connectivity index (χ4v) is 1.26. The van der Waals surface area contributed by atoms with Crippen LogP contribution in [0.1, 0.15) is 19.3 Å². The van der Waals surface area contributed by atoms with E-state index in [1.54, 1.807) is 0 Å². The Balaban J connectivity index is 2.16. The van der Waals surface area contributed by atoms with Crippen LogP contribution >= 0.6 is 0 Å². The molecule has 0 bridgehead atoms. The van der Waals surface area contributed by atoms with E-state index in [-0.39, 0.29) is 12.5 Å². The number of carbonyl (C=O) groups excluding carboxylic acids is 1. The van der Waals surface area contributed by atoms with Gasteiger partial charge in [0.2, 0.25) is 0 Å². The summed E-state index contributed by atoms with van der Waals surface area (Å²) in [7, 11) is 1.50. The number of nitrogens with zero attached hydrogens (tertiary/aromatic N) is 1. The molecule has 0 atom stereocenters. The maximum absolute atomic E-state index is 11.1. The minimum absolute atomic E-state index is 0.0865. The van der Waals surface area contributed by atoms with Crippen LogP contribution in [0.2, 0.25) is 0 Å². The van der Waals surface area contributed by atoms with E-state index in [0.29, 0.717) is 12.5 Å². The summed E-state index contributed by atoms with van der Waals surface area (Å²) in [5.74, 6) is 6.00. The van der Waals surface area contributed by atoms with Crippen LogP contribution in [0.5, 0.6) is 0 Å². The molecule has 0 aliphatic heterocycles. The van der Waals surface area contributed by atoms with Crippen LogP contribution in [-0.4, -0.2) is 31.2 Å². The highest BCUT2D eigenvalue weighted by Gasteiger charge is 2.21. The van der Waals surface area contributed by atoms with E-state index in [1.165, 1.54) is 31.4 Å². The highest BCUT2D eigenvalue weighted by Crippen LogP contribution is 2.26. The molecule has 1 saturated carbocycles. The fraction of sp³-hybridized carbons (Fsp3) is 0.875. The maximum Gasteiger partial charge on any atom is 0.262 e. The van der Waals surface area contributed by atoms with Gasteiger partial charge >= 0.3 is 0 Å². The van der Waals surface area contributed by atoms with Crippen LogP contribution in [-0.2, 0) is 9.53 Å². The summed E-state index contributed by atoms with van der Waals surface area (Å²) in [6.07, 6.45) is 3.68. The van der Waals surface area contributed by atoms with Gasteiger partial charge in [0.25, 0.3) is 5.91 Å².